The Hall–Kier alpha value is -1.74. The minimum atomic E-state index is 0.724. The average Bonchev–Trinajstić information content (AvgIpc) is 2.49. The van der Waals surface area contributed by atoms with Crippen molar-refractivity contribution in [2.45, 2.75) is 13.8 Å². The van der Waals surface area contributed by atoms with Gasteiger partial charge in [-0.25, -0.2) is 0 Å². The van der Waals surface area contributed by atoms with E-state index in [1.165, 1.54) is 11.1 Å². The second-order valence-corrected chi connectivity index (χ2v) is 5.72. The Morgan fingerprint density at radius 3 is 2.29 bits per heavy atom. The summed E-state index contributed by atoms with van der Waals surface area (Å²) >= 11 is 3.63. The summed E-state index contributed by atoms with van der Waals surface area (Å²) in [4.78, 5) is 0. The van der Waals surface area contributed by atoms with Crippen LogP contribution in [-0.4, -0.2) is 14.2 Å². The Morgan fingerprint density at radius 1 is 1.05 bits per heavy atom. The van der Waals surface area contributed by atoms with Gasteiger partial charge in [-0.15, -0.1) is 0 Å². The summed E-state index contributed by atoms with van der Waals surface area (Å²) in [6.45, 7) is 8.17. The highest BCUT2D eigenvalue weighted by molar-refractivity contribution is 9.10. The van der Waals surface area contributed by atoms with Crippen molar-refractivity contribution >= 4 is 22.0 Å². The van der Waals surface area contributed by atoms with Crippen LogP contribution in [0.2, 0.25) is 0 Å². The number of methoxy groups -OCH3 is 2. The van der Waals surface area contributed by atoms with Crippen LogP contribution in [0.5, 0.6) is 11.5 Å². The molecule has 0 aliphatic rings. The molecule has 0 saturated heterocycles. The lowest BCUT2D eigenvalue weighted by atomic mass is 9.92. The van der Waals surface area contributed by atoms with Crippen molar-refractivity contribution in [3.63, 3.8) is 0 Å². The molecular weight excluding hydrogens is 328 g/mol. The van der Waals surface area contributed by atoms with E-state index in [-0.39, 0.29) is 0 Å². The van der Waals surface area contributed by atoms with Gasteiger partial charge in [-0.3, -0.25) is 0 Å². The summed E-state index contributed by atoms with van der Waals surface area (Å²) in [5.41, 5.74) is 5.81. The van der Waals surface area contributed by atoms with Crippen molar-refractivity contribution in [3.05, 3.63) is 52.0 Å². The highest BCUT2D eigenvalue weighted by atomic mass is 79.9. The molecule has 21 heavy (non-hydrogen) atoms. The maximum atomic E-state index is 5.41. The summed E-state index contributed by atoms with van der Waals surface area (Å²) in [5, 5.41) is 0. The molecule has 0 fully saturated rings. The van der Waals surface area contributed by atoms with Gasteiger partial charge in [0.1, 0.15) is 0 Å². The third-order valence-electron chi connectivity index (χ3n) is 3.71. The minimum absolute atomic E-state index is 0.724. The van der Waals surface area contributed by atoms with Gasteiger partial charge in [0.25, 0.3) is 0 Å². The highest BCUT2D eigenvalue weighted by Gasteiger charge is 2.14. The van der Waals surface area contributed by atoms with Crippen molar-refractivity contribution in [2.24, 2.45) is 0 Å². The Bertz CT molecular complexity index is 690. The smallest absolute Gasteiger partial charge is 0.161 e. The van der Waals surface area contributed by atoms with E-state index in [4.69, 9.17) is 9.47 Å². The van der Waals surface area contributed by atoms with E-state index in [0.717, 1.165) is 32.7 Å². The van der Waals surface area contributed by atoms with Gasteiger partial charge in [-0.1, -0.05) is 34.7 Å². The van der Waals surface area contributed by atoms with Crippen LogP contribution in [-0.2, 0) is 0 Å². The number of hydrogen-bond donors (Lipinski definition) is 0. The topological polar surface area (TPSA) is 18.5 Å². The van der Waals surface area contributed by atoms with Crippen molar-refractivity contribution in [3.8, 4) is 22.6 Å². The van der Waals surface area contributed by atoms with Gasteiger partial charge in [0.05, 0.1) is 14.2 Å². The maximum Gasteiger partial charge on any atom is 0.161 e. The molecule has 3 heteroatoms. The number of ether oxygens (including phenoxy) is 2. The summed E-state index contributed by atoms with van der Waals surface area (Å²) < 4.78 is 11.8. The molecule has 110 valence electrons. The lowest BCUT2D eigenvalue weighted by Crippen LogP contribution is -1.95. The molecule has 0 radical (unpaired) electrons. The Labute approximate surface area is 134 Å². The number of benzene rings is 2. The third-order valence-corrected chi connectivity index (χ3v) is 4.37. The van der Waals surface area contributed by atoms with Crippen LogP contribution in [0.4, 0.5) is 0 Å². The largest absolute Gasteiger partial charge is 0.493 e. The van der Waals surface area contributed by atoms with Crippen molar-refractivity contribution < 1.29 is 9.47 Å². The fraction of sp³-hybridized carbons (Fsp3) is 0.222. The lowest BCUT2D eigenvalue weighted by Gasteiger charge is -2.17. The quantitative estimate of drug-likeness (QED) is 0.738. The first kappa shape index (κ1) is 15.6. The fourth-order valence-corrected chi connectivity index (χ4v) is 3.16. The normalized spacial score (nSPS) is 10.3. The molecule has 2 aromatic carbocycles. The molecule has 0 aliphatic carbocycles. The van der Waals surface area contributed by atoms with Crippen LogP contribution in [0.3, 0.4) is 0 Å². The van der Waals surface area contributed by atoms with Gasteiger partial charge in [-0.05, 0) is 59.9 Å². The first-order valence-corrected chi connectivity index (χ1v) is 7.47. The number of halogens is 1. The van der Waals surface area contributed by atoms with E-state index in [0.29, 0.717) is 0 Å². The Morgan fingerprint density at radius 2 is 1.71 bits per heavy atom. The standard InChI is InChI=1S/C18H19BrO2/c1-6-14-15(19)9-11(2)12(3)18(14)13-7-8-16(20-4)17(10-13)21-5/h6-10H,1H2,2-5H3. The SMILES string of the molecule is C=Cc1c(Br)cc(C)c(C)c1-c1ccc(OC)c(OC)c1. The minimum Gasteiger partial charge on any atom is -0.493 e. The van der Waals surface area contributed by atoms with Crippen LogP contribution < -0.4 is 9.47 Å². The molecule has 0 spiro atoms. The van der Waals surface area contributed by atoms with E-state index in [1.807, 2.05) is 24.3 Å². The first-order valence-electron chi connectivity index (χ1n) is 6.68. The number of rotatable bonds is 4. The van der Waals surface area contributed by atoms with Crippen molar-refractivity contribution in [2.75, 3.05) is 14.2 Å². The van der Waals surface area contributed by atoms with Crippen LogP contribution in [0.1, 0.15) is 16.7 Å². The molecule has 2 nitrogen and oxygen atoms in total. The Balaban J connectivity index is 2.75. The molecular formula is C18H19BrO2. The molecule has 0 aromatic heterocycles. The van der Waals surface area contributed by atoms with Gasteiger partial charge in [0.15, 0.2) is 11.5 Å². The Kier molecular flexibility index (Phi) is 4.73. The number of hydrogen-bond acceptors (Lipinski definition) is 2. The maximum absolute atomic E-state index is 5.41. The van der Waals surface area contributed by atoms with Crippen LogP contribution in [0.25, 0.3) is 17.2 Å². The predicted molar refractivity (Wildman–Crippen MR) is 92.2 cm³/mol. The molecule has 0 aliphatic heterocycles. The van der Waals surface area contributed by atoms with E-state index in [9.17, 15) is 0 Å². The van der Waals surface area contributed by atoms with Crippen LogP contribution >= 0.6 is 15.9 Å². The molecule has 0 saturated carbocycles. The summed E-state index contributed by atoms with van der Waals surface area (Å²) in [6, 6.07) is 8.09. The van der Waals surface area contributed by atoms with Gasteiger partial charge in [-0.2, -0.15) is 0 Å². The summed E-state index contributed by atoms with van der Waals surface area (Å²) in [6.07, 6.45) is 1.88. The lowest BCUT2D eigenvalue weighted by molar-refractivity contribution is 0.355. The molecule has 2 aromatic rings. The van der Waals surface area contributed by atoms with Crippen LogP contribution in [0, 0.1) is 13.8 Å². The molecule has 0 bridgehead atoms. The van der Waals surface area contributed by atoms with Gasteiger partial charge in [0, 0.05) is 4.47 Å². The predicted octanol–water partition coefficient (Wildman–Crippen LogP) is 5.39. The molecule has 0 unspecified atom stereocenters. The summed E-state index contributed by atoms with van der Waals surface area (Å²) in [5.74, 6) is 1.45. The zero-order chi connectivity index (χ0) is 15.6. The van der Waals surface area contributed by atoms with Gasteiger partial charge >= 0.3 is 0 Å². The first-order chi connectivity index (χ1) is 10.0. The highest BCUT2D eigenvalue weighted by Crippen LogP contribution is 2.39. The molecule has 0 atom stereocenters. The second-order valence-electron chi connectivity index (χ2n) is 4.86. The molecule has 0 amide bonds. The van der Waals surface area contributed by atoms with Gasteiger partial charge in [0.2, 0.25) is 0 Å². The van der Waals surface area contributed by atoms with Crippen molar-refractivity contribution in [1.82, 2.24) is 0 Å². The zero-order valence-corrected chi connectivity index (χ0v) is 14.4. The van der Waals surface area contributed by atoms with E-state index in [1.54, 1.807) is 14.2 Å². The van der Waals surface area contributed by atoms with E-state index >= 15 is 0 Å². The van der Waals surface area contributed by atoms with Gasteiger partial charge < -0.3 is 9.47 Å². The molecule has 0 N–H and O–H groups in total. The average molecular weight is 347 g/mol. The second kappa shape index (κ2) is 6.35. The third kappa shape index (κ3) is 2.84. The monoisotopic (exact) mass is 346 g/mol. The molecule has 0 heterocycles. The van der Waals surface area contributed by atoms with E-state index in [2.05, 4.69) is 42.4 Å². The van der Waals surface area contributed by atoms with E-state index < -0.39 is 0 Å². The van der Waals surface area contributed by atoms with Crippen molar-refractivity contribution in [1.29, 1.82) is 0 Å². The summed E-state index contributed by atoms with van der Waals surface area (Å²) in [7, 11) is 3.29. The fourth-order valence-electron chi connectivity index (χ4n) is 2.46. The zero-order valence-electron chi connectivity index (χ0n) is 12.8. The molecule has 2 rings (SSSR count). The number of aryl methyl sites for hydroxylation is 1. The van der Waals surface area contributed by atoms with Crippen LogP contribution in [0.15, 0.2) is 35.3 Å².